The molecule has 1 N–H and O–H groups in total. The normalized spacial score (nSPS) is 25.6. The molecule has 1 saturated heterocycles. The quantitative estimate of drug-likeness (QED) is 0.622. The van der Waals surface area contributed by atoms with Crippen LogP contribution in [0.15, 0.2) is 0 Å². The van der Waals surface area contributed by atoms with Crippen LogP contribution in [0.25, 0.3) is 0 Å². The van der Waals surface area contributed by atoms with Crippen molar-refractivity contribution in [2.45, 2.75) is 26.3 Å². The molecule has 0 bridgehead atoms. The van der Waals surface area contributed by atoms with E-state index in [0.29, 0.717) is 11.5 Å². The first-order valence-corrected chi connectivity index (χ1v) is 6.20. The Bertz CT molecular complexity index is 237. The third kappa shape index (κ3) is 2.45. The highest BCUT2D eigenvalue weighted by Crippen LogP contribution is 2.16. The van der Waals surface area contributed by atoms with Gasteiger partial charge in [-0.1, -0.05) is 0 Å². The summed E-state index contributed by atoms with van der Waals surface area (Å²) in [4.78, 5) is 2.30. The molecule has 12 heavy (non-hydrogen) atoms. The molecule has 3 nitrogen and oxygen atoms in total. The smallest absolute Gasteiger partial charge is 0.0466 e. The molecule has 0 spiro atoms. The summed E-state index contributed by atoms with van der Waals surface area (Å²) in [5, 5.41) is 0. The van der Waals surface area contributed by atoms with Gasteiger partial charge in [-0.15, -0.1) is 0 Å². The van der Waals surface area contributed by atoms with Crippen molar-refractivity contribution in [3.05, 3.63) is 0 Å². The third-order valence-electron chi connectivity index (χ3n) is 2.33. The Hall–Kier alpha value is -0.0900. The standard InChI is InChI=1S/C8H18N2OS/c1-8(2,3)10-4-6-12(9,11)7-5-10/h9H,4-7H2,1-3H3. The number of hydrogen-bond donors (Lipinski definition) is 1. The van der Waals surface area contributed by atoms with E-state index < -0.39 is 9.73 Å². The molecule has 0 aromatic rings. The molecule has 72 valence electrons. The zero-order valence-corrected chi connectivity index (χ0v) is 8.91. The Labute approximate surface area is 75.1 Å². The molecule has 0 aliphatic carbocycles. The van der Waals surface area contributed by atoms with Crippen LogP contribution in [0.1, 0.15) is 20.8 Å². The van der Waals surface area contributed by atoms with E-state index in [2.05, 4.69) is 25.7 Å². The number of nitrogens with zero attached hydrogens (tertiary/aromatic N) is 1. The molecule has 0 radical (unpaired) electrons. The predicted octanol–water partition coefficient (Wildman–Crippen LogP) is 1.15. The summed E-state index contributed by atoms with van der Waals surface area (Å²) in [6.07, 6.45) is 0. The highest BCUT2D eigenvalue weighted by atomic mass is 32.2. The fourth-order valence-electron chi connectivity index (χ4n) is 1.40. The molecule has 1 heterocycles. The molecule has 1 aliphatic heterocycles. The molecular formula is C8H18N2OS. The molecule has 1 fully saturated rings. The molecule has 0 atom stereocenters. The van der Waals surface area contributed by atoms with Crippen LogP contribution in [-0.2, 0) is 9.73 Å². The van der Waals surface area contributed by atoms with E-state index in [9.17, 15) is 4.21 Å². The van der Waals surface area contributed by atoms with Crippen LogP contribution in [0.5, 0.6) is 0 Å². The summed E-state index contributed by atoms with van der Waals surface area (Å²) in [5.74, 6) is 1.09. The van der Waals surface area contributed by atoms with E-state index in [1.54, 1.807) is 0 Å². The van der Waals surface area contributed by atoms with Crippen LogP contribution in [-0.4, -0.2) is 39.2 Å². The molecular weight excluding hydrogens is 172 g/mol. The summed E-state index contributed by atoms with van der Waals surface area (Å²) >= 11 is 0. The first-order valence-electron chi connectivity index (χ1n) is 4.30. The summed E-state index contributed by atoms with van der Waals surface area (Å²) in [6.45, 7) is 8.09. The Morgan fingerprint density at radius 3 is 2.00 bits per heavy atom. The minimum Gasteiger partial charge on any atom is -0.297 e. The van der Waals surface area contributed by atoms with Gasteiger partial charge in [-0.05, 0) is 20.8 Å². The fraction of sp³-hybridized carbons (Fsp3) is 1.00. The van der Waals surface area contributed by atoms with Crippen molar-refractivity contribution in [2.75, 3.05) is 24.6 Å². The maximum absolute atomic E-state index is 11.3. The lowest BCUT2D eigenvalue weighted by atomic mass is 10.1. The van der Waals surface area contributed by atoms with Crippen molar-refractivity contribution in [3.8, 4) is 0 Å². The van der Waals surface area contributed by atoms with E-state index >= 15 is 0 Å². The maximum Gasteiger partial charge on any atom is 0.0466 e. The molecule has 0 saturated carbocycles. The monoisotopic (exact) mass is 190 g/mol. The largest absolute Gasteiger partial charge is 0.297 e. The van der Waals surface area contributed by atoms with Crippen LogP contribution in [0, 0.1) is 4.78 Å². The van der Waals surface area contributed by atoms with Crippen LogP contribution >= 0.6 is 0 Å². The van der Waals surface area contributed by atoms with Crippen molar-refractivity contribution < 1.29 is 4.21 Å². The molecule has 1 aliphatic rings. The van der Waals surface area contributed by atoms with E-state index in [4.69, 9.17) is 4.78 Å². The lowest BCUT2D eigenvalue weighted by molar-refractivity contribution is 0.151. The van der Waals surface area contributed by atoms with E-state index in [0.717, 1.165) is 13.1 Å². The minimum absolute atomic E-state index is 0.163. The van der Waals surface area contributed by atoms with Gasteiger partial charge in [0.1, 0.15) is 0 Å². The minimum atomic E-state index is -2.22. The highest BCUT2D eigenvalue weighted by molar-refractivity contribution is 7.92. The first kappa shape index (κ1) is 9.99. The van der Waals surface area contributed by atoms with Gasteiger partial charge in [0.25, 0.3) is 0 Å². The second-order valence-corrected chi connectivity index (χ2v) is 6.82. The number of nitrogens with one attached hydrogen (secondary N) is 1. The predicted molar refractivity (Wildman–Crippen MR) is 51.9 cm³/mol. The molecule has 0 aromatic heterocycles. The molecule has 4 heteroatoms. The maximum atomic E-state index is 11.3. The second kappa shape index (κ2) is 3.00. The van der Waals surface area contributed by atoms with Crippen molar-refractivity contribution in [3.63, 3.8) is 0 Å². The number of rotatable bonds is 0. The Kier molecular flexibility index (Phi) is 2.50. The SMILES string of the molecule is CC(C)(C)N1CCS(=N)(=O)CC1. The fourth-order valence-corrected chi connectivity index (χ4v) is 2.63. The van der Waals surface area contributed by atoms with Gasteiger partial charge in [-0.2, -0.15) is 0 Å². The van der Waals surface area contributed by atoms with E-state index in [1.165, 1.54) is 0 Å². The van der Waals surface area contributed by atoms with Gasteiger partial charge in [0, 0.05) is 39.9 Å². The Morgan fingerprint density at radius 2 is 1.67 bits per heavy atom. The topological polar surface area (TPSA) is 44.2 Å². The van der Waals surface area contributed by atoms with E-state index in [1.807, 2.05) is 0 Å². The summed E-state index contributed by atoms with van der Waals surface area (Å²) in [5.41, 5.74) is 0.163. The van der Waals surface area contributed by atoms with Gasteiger partial charge in [0.2, 0.25) is 0 Å². The average molecular weight is 190 g/mol. The summed E-state index contributed by atoms with van der Waals surface area (Å²) < 4.78 is 18.7. The number of hydrogen-bond acceptors (Lipinski definition) is 3. The lowest BCUT2D eigenvalue weighted by Crippen LogP contribution is -2.49. The van der Waals surface area contributed by atoms with Gasteiger partial charge >= 0.3 is 0 Å². The highest BCUT2D eigenvalue weighted by Gasteiger charge is 2.26. The third-order valence-corrected chi connectivity index (χ3v) is 4.01. The van der Waals surface area contributed by atoms with Crippen molar-refractivity contribution >= 4 is 9.73 Å². The molecule has 0 unspecified atom stereocenters. The Morgan fingerprint density at radius 1 is 1.25 bits per heavy atom. The molecule has 1 rings (SSSR count). The van der Waals surface area contributed by atoms with Crippen molar-refractivity contribution in [1.82, 2.24) is 4.90 Å². The Balaban J connectivity index is 2.58. The molecule has 0 aromatic carbocycles. The van der Waals surface area contributed by atoms with Crippen LogP contribution in [0.3, 0.4) is 0 Å². The van der Waals surface area contributed by atoms with Crippen molar-refractivity contribution in [2.24, 2.45) is 0 Å². The second-order valence-electron chi connectivity index (χ2n) is 4.38. The van der Waals surface area contributed by atoms with E-state index in [-0.39, 0.29) is 5.54 Å². The van der Waals surface area contributed by atoms with Gasteiger partial charge < -0.3 is 0 Å². The van der Waals surface area contributed by atoms with Gasteiger partial charge in [-0.25, -0.2) is 4.21 Å². The van der Waals surface area contributed by atoms with Crippen LogP contribution in [0.2, 0.25) is 0 Å². The van der Waals surface area contributed by atoms with Gasteiger partial charge in [-0.3, -0.25) is 9.68 Å². The van der Waals surface area contributed by atoms with Gasteiger partial charge in [0.15, 0.2) is 0 Å². The zero-order valence-electron chi connectivity index (χ0n) is 8.09. The first-order chi connectivity index (χ1) is 5.31. The summed E-state index contributed by atoms with van der Waals surface area (Å²) in [7, 11) is -2.22. The zero-order chi connectivity index (χ0) is 9.41. The summed E-state index contributed by atoms with van der Waals surface area (Å²) in [6, 6.07) is 0. The average Bonchev–Trinajstić information content (AvgIpc) is 1.83. The van der Waals surface area contributed by atoms with Gasteiger partial charge in [0.05, 0.1) is 0 Å². The lowest BCUT2D eigenvalue weighted by Gasteiger charge is -2.38. The molecule has 0 amide bonds. The van der Waals surface area contributed by atoms with Crippen LogP contribution in [0.4, 0.5) is 0 Å². The van der Waals surface area contributed by atoms with Crippen molar-refractivity contribution in [1.29, 1.82) is 4.78 Å². The van der Waals surface area contributed by atoms with Crippen LogP contribution < -0.4 is 0 Å².